The number of hydrogen-bond donors (Lipinski definition) is 1. The van der Waals surface area contributed by atoms with E-state index < -0.39 is 12.0 Å². The number of thioether (sulfide) groups is 1. The van der Waals surface area contributed by atoms with E-state index in [4.69, 9.17) is 10.5 Å². The molecular formula is C15H16N2O3S. The fourth-order valence-corrected chi connectivity index (χ4v) is 3.94. The molecule has 2 heterocycles. The number of fused-ring (bicyclic) bond motifs is 1. The van der Waals surface area contributed by atoms with Crippen molar-refractivity contribution in [3.8, 4) is 0 Å². The van der Waals surface area contributed by atoms with Crippen molar-refractivity contribution in [3.63, 3.8) is 0 Å². The number of carbonyl (C=O) groups excluding carboxylic acids is 2. The average molecular weight is 304 g/mol. The van der Waals surface area contributed by atoms with Gasteiger partial charge in [-0.25, -0.2) is 4.79 Å². The number of esters is 1. The van der Waals surface area contributed by atoms with Crippen molar-refractivity contribution in [1.29, 1.82) is 0 Å². The minimum Gasteiger partial charge on any atom is -0.464 e. The number of carbonyl (C=O) groups is 2. The zero-order valence-corrected chi connectivity index (χ0v) is 12.4. The molecule has 0 radical (unpaired) electrons. The van der Waals surface area contributed by atoms with E-state index in [2.05, 4.69) is 0 Å². The maximum atomic E-state index is 12.1. The summed E-state index contributed by atoms with van der Waals surface area (Å²) in [5.41, 5.74) is 8.18. The Bertz CT molecular complexity index is 615. The van der Waals surface area contributed by atoms with Crippen molar-refractivity contribution in [1.82, 2.24) is 4.90 Å². The van der Waals surface area contributed by atoms with Gasteiger partial charge in [-0.1, -0.05) is 30.3 Å². The van der Waals surface area contributed by atoms with Gasteiger partial charge in [0.25, 0.3) is 0 Å². The topological polar surface area (TPSA) is 72.6 Å². The van der Waals surface area contributed by atoms with Gasteiger partial charge in [-0.2, -0.15) is 0 Å². The number of β-lactam (4-membered cyclic amide) rings is 1. The van der Waals surface area contributed by atoms with Crippen LogP contribution in [0.3, 0.4) is 0 Å². The fourth-order valence-electron chi connectivity index (χ4n) is 2.64. The molecular weight excluding hydrogens is 288 g/mol. The molecule has 2 atom stereocenters. The van der Waals surface area contributed by atoms with Crippen LogP contribution >= 0.6 is 11.8 Å². The highest BCUT2D eigenvalue weighted by Crippen LogP contribution is 2.40. The molecule has 2 aliphatic heterocycles. The Labute approximate surface area is 127 Å². The highest BCUT2D eigenvalue weighted by molar-refractivity contribution is 8.00. The molecule has 0 saturated carbocycles. The lowest BCUT2D eigenvalue weighted by Gasteiger charge is -2.48. The van der Waals surface area contributed by atoms with Crippen molar-refractivity contribution in [2.75, 3.05) is 12.9 Å². The Kier molecular flexibility index (Phi) is 3.73. The normalized spacial score (nSPS) is 24.5. The first kappa shape index (κ1) is 14.2. The fraction of sp³-hybridized carbons (Fsp3) is 0.333. The number of amides is 1. The maximum Gasteiger partial charge on any atom is 0.354 e. The molecule has 0 spiro atoms. The number of nitrogens with zero attached hydrogens (tertiary/aromatic N) is 1. The van der Waals surface area contributed by atoms with Crippen LogP contribution in [0.25, 0.3) is 0 Å². The Balaban J connectivity index is 1.96. The van der Waals surface area contributed by atoms with Gasteiger partial charge in [-0.3, -0.25) is 9.69 Å². The van der Waals surface area contributed by atoms with E-state index in [1.54, 1.807) is 11.8 Å². The molecule has 0 bridgehead atoms. The summed E-state index contributed by atoms with van der Waals surface area (Å²) in [6, 6.07) is 9.34. The quantitative estimate of drug-likeness (QED) is 0.663. The second-order valence-electron chi connectivity index (χ2n) is 5.04. The van der Waals surface area contributed by atoms with Gasteiger partial charge in [0, 0.05) is 5.75 Å². The van der Waals surface area contributed by atoms with E-state index >= 15 is 0 Å². The first-order valence-corrected chi connectivity index (χ1v) is 7.73. The summed E-state index contributed by atoms with van der Waals surface area (Å²) in [4.78, 5) is 25.5. The van der Waals surface area contributed by atoms with E-state index in [1.165, 1.54) is 12.0 Å². The van der Waals surface area contributed by atoms with Gasteiger partial charge in [0.2, 0.25) is 5.91 Å². The van der Waals surface area contributed by atoms with Crippen LogP contribution < -0.4 is 5.73 Å². The summed E-state index contributed by atoms with van der Waals surface area (Å²) in [7, 11) is 1.33. The lowest BCUT2D eigenvalue weighted by molar-refractivity contribution is -0.149. The highest BCUT2D eigenvalue weighted by Gasteiger charge is 2.51. The largest absolute Gasteiger partial charge is 0.464 e. The van der Waals surface area contributed by atoms with E-state index in [0.29, 0.717) is 17.9 Å². The molecule has 110 valence electrons. The molecule has 1 saturated heterocycles. The van der Waals surface area contributed by atoms with Crippen molar-refractivity contribution in [2.24, 2.45) is 5.73 Å². The Morgan fingerprint density at radius 2 is 2.14 bits per heavy atom. The zero-order valence-electron chi connectivity index (χ0n) is 11.6. The summed E-state index contributed by atoms with van der Waals surface area (Å²) < 4.78 is 4.85. The minimum atomic E-state index is -0.520. The van der Waals surface area contributed by atoms with Gasteiger partial charge in [-0.15, -0.1) is 11.8 Å². The lowest BCUT2D eigenvalue weighted by Crippen LogP contribution is -2.68. The van der Waals surface area contributed by atoms with Crippen molar-refractivity contribution < 1.29 is 14.3 Å². The summed E-state index contributed by atoms with van der Waals surface area (Å²) >= 11 is 1.60. The predicted molar refractivity (Wildman–Crippen MR) is 80.3 cm³/mol. The molecule has 1 aromatic rings. The number of rotatable bonds is 3. The molecule has 3 rings (SSSR count). The third-order valence-electron chi connectivity index (χ3n) is 3.73. The van der Waals surface area contributed by atoms with Crippen LogP contribution in [0.2, 0.25) is 0 Å². The Hall–Kier alpha value is -1.79. The Morgan fingerprint density at radius 3 is 2.81 bits per heavy atom. The summed E-state index contributed by atoms with van der Waals surface area (Å²) in [5, 5.41) is -0.147. The van der Waals surface area contributed by atoms with Crippen LogP contribution in [0.4, 0.5) is 0 Å². The van der Waals surface area contributed by atoms with Crippen LogP contribution in [-0.2, 0) is 20.7 Å². The molecule has 21 heavy (non-hydrogen) atoms. The molecule has 5 nitrogen and oxygen atoms in total. The third kappa shape index (κ3) is 2.34. The van der Waals surface area contributed by atoms with Crippen LogP contribution in [0, 0.1) is 0 Å². The van der Waals surface area contributed by atoms with E-state index in [9.17, 15) is 9.59 Å². The molecule has 2 N–H and O–H groups in total. The van der Waals surface area contributed by atoms with Crippen LogP contribution in [0.1, 0.15) is 5.56 Å². The number of methoxy groups -OCH3 is 1. The first-order chi connectivity index (χ1) is 10.1. The van der Waals surface area contributed by atoms with Gasteiger partial charge in [-0.05, 0) is 17.6 Å². The molecule has 1 unspecified atom stereocenters. The van der Waals surface area contributed by atoms with Crippen molar-refractivity contribution >= 4 is 23.6 Å². The van der Waals surface area contributed by atoms with Gasteiger partial charge >= 0.3 is 5.97 Å². The highest BCUT2D eigenvalue weighted by atomic mass is 32.2. The van der Waals surface area contributed by atoms with Gasteiger partial charge in [0.1, 0.15) is 17.1 Å². The standard InChI is InChI=1S/C15H16N2O3S/c1-20-15(19)12-10(7-9-5-3-2-4-6-9)8-21-14-11(16)13(18)17(12)14/h2-6,11,14H,7-8,16H2,1H3/t11?,14-/m1/s1. The van der Waals surface area contributed by atoms with Crippen LogP contribution in [0.5, 0.6) is 0 Å². The third-order valence-corrected chi connectivity index (χ3v) is 5.09. The number of nitrogens with two attached hydrogens (primary N) is 1. The van der Waals surface area contributed by atoms with Gasteiger partial charge in [0.15, 0.2) is 0 Å². The molecule has 1 aromatic carbocycles. The molecule has 1 fully saturated rings. The second-order valence-corrected chi connectivity index (χ2v) is 6.15. The average Bonchev–Trinajstić information content (AvgIpc) is 2.54. The maximum absolute atomic E-state index is 12.1. The van der Waals surface area contributed by atoms with E-state index in [0.717, 1.165) is 11.1 Å². The SMILES string of the molecule is COC(=O)C1=C(Cc2ccccc2)CS[C@@H]2C(N)C(=O)N12. The summed E-state index contributed by atoms with van der Waals surface area (Å²) in [6.45, 7) is 0. The van der Waals surface area contributed by atoms with Gasteiger partial charge < -0.3 is 10.5 Å². The number of benzene rings is 1. The number of hydrogen-bond acceptors (Lipinski definition) is 5. The van der Waals surface area contributed by atoms with Crippen LogP contribution in [0.15, 0.2) is 41.6 Å². The number of ether oxygens (including phenoxy) is 1. The van der Waals surface area contributed by atoms with Crippen molar-refractivity contribution in [2.45, 2.75) is 17.8 Å². The second kappa shape index (κ2) is 5.54. The van der Waals surface area contributed by atoms with Crippen LogP contribution in [-0.4, -0.2) is 41.1 Å². The summed E-state index contributed by atoms with van der Waals surface area (Å²) in [6.07, 6.45) is 0.629. The molecule has 1 amide bonds. The molecule has 0 aliphatic carbocycles. The molecule has 0 aromatic heterocycles. The monoisotopic (exact) mass is 304 g/mol. The van der Waals surface area contributed by atoms with E-state index in [1.807, 2.05) is 30.3 Å². The van der Waals surface area contributed by atoms with Crippen molar-refractivity contribution in [3.05, 3.63) is 47.2 Å². The van der Waals surface area contributed by atoms with Gasteiger partial charge in [0.05, 0.1) is 7.11 Å². The molecule has 6 heteroatoms. The minimum absolute atomic E-state index is 0.147. The first-order valence-electron chi connectivity index (χ1n) is 6.68. The molecule has 2 aliphatic rings. The Morgan fingerprint density at radius 1 is 1.43 bits per heavy atom. The smallest absolute Gasteiger partial charge is 0.354 e. The van der Waals surface area contributed by atoms with E-state index in [-0.39, 0.29) is 11.3 Å². The predicted octanol–water partition coefficient (Wildman–Crippen LogP) is 0.899. The zero-order chi connectivity index (χ0) is 15.0. The summed E-state index contributed by atoms with van der Waals surface area (Å²) in [5.74, 6) is 0.00576. The lowest BCUT2D eigenvalue weighted by atomic mass is 9.99.